The van der Waals surface area contributed by atoms with E-state index in [1.165, 1.54) is 0 Å². The maximum Gasteiger partial charge on any atom is 0.298 e. The van der Waals surface area contributed by atoms with Gasteiger partial charge < -0.3 is 9.94 Å². The van der Waals surface area contributed by atoms with Crippen LogP contribution in [0.2, 0.25) is 0 Å². The molecule has 0 atom stereocenters. The summed E-state index contributed by atoms with van der Waals surface area (Å²) in [6, 6.07) is 20.7. The van der Waals surface area contributed by atoms with Crippen molar-refractivity contribution in [2.24, 2.45) is 0 Å². The zero-order valence-corrected chi connectivity index (χ0v) is 15.5. The lowest BCUT2D eigenvalue weighted by Gasteiger charge is -2.19. The molecule has 0 bridgehead atoms. The van der Waals surface area contributed by atoms with Crippen LogP contribution in [0.25, 0.3) is 22.3 Å². The number of rotatable bonds is 3. The Morgan fingerprint density at radius 3 is 2.14 bits per heavy atom. The third-order valence-electron chi connectivity index (χ3n) is 5.03. The van der Waals surface area contributed by atoms with Gasteiger partial charge >= 0.3 is 0 Å². The highest BCUT2D eigenvalue weighted by molar-refractivity contribution is 6.11. The minimum atomic E-state index is -0.487. The van der Waals surface area contributed by atoms with Crippen molar-refractivity contribution in [3.05, 3.63) is 105 Å². The summed E-state index contributed by atoms with van der Waals surface area (Å²) in [6.45, 7) is 3.69. The van der Waals surface area contributed by atoms with E-state index in [2.05, 4.69) is 0 Å². The highest BCUT2D eigenvalue weighted by Crippen LogP contribution is 2.27. The zero-order valence-electron chi connectivity index (χ0n) is 15.5. The highest BCUT2D eigenvalue weighted by atomic mass is 16.5. The normalized spacial score (nSPS) is 10.9. The van der Waals surface area contributed by atoms with Crippen LogP contribution in [0.3, 0.4) is 0 Å². The lowest BCUT2D eigenvalue weighted by molar-refractivity contribution is -0.452. The number of hydrogen-bond acceptors (Lipinski definition) is 3. The molecule has 4 aromatic rings. The number of nitrogens with zero attached hydrogens (tertiary/aromatic N) is 2. The number of fused-ring (bicyclic) bond motifs is 1. The topological polar surface area (TPSA) is 68.0 Å². The van der Waals surface area contributed by atoms with Crippen molar-refractivity contribution in [2.45, 2.75) is 13.8 Å². The molecule has 4 rings (SSSR count). The number of hydrogen-bond donors (Lipinski definition) is 0. The Hall–Kier alpha value is -3.73. The molecule has 0 saturated carbocycles. The van der Waals surface area contributed by atoms with E-state index in [-0.39, 0.29) is 22.4 Å². The summed E-state index contributed by atoms with van der Waals surface area (Å²) in [6.07, 6.45) is 0. The molecular formula is C23H18N2O3. The summed E-state index contributed by atoms with van der Waals surface area (Å²) in [5.41, 5.74) is 2.83. The van der Waals surface area contributed by atoms with Gasteiger partial charge in [0.1, 0.15) is 5.52 Å². The minimum Gasteiger partial charge on any atom is -0.805 e. The van der Waals surface area contributed by atoms with Gasteiger partial charge in [0, 0.05) is 16.0 Å². The van der Waals surface area contributed by atoms with Crippen LogP contribution in [-0.2, 0) is 0 Å². The monoisotopic (exact) mass is 370 g/mol. The average molecular weight is 370 g/mol. The van der Waals surface area contributed by atoms with Crippen molar-refractivity contribution in [3.8, 4) is 11.3 Å². The molecule has 0 saturated heterocycles. The molecule has 0 fully saturated rings. The molecular weight excluding hydrogens is 352 g/mol. The summed E-state index contributed by atoms with van der Waals surface area (Å²) >= 11 is 0. The molecule has 138 valence electrons. The van der Waals surface area contributed by atoms with E-state index in [4.69, 9.17) is 0 Å². The van der Waals surface area contributed by atoms with Gasteiger partial charge in [0.05, 0.1) is 9.99 Å². The standard InChI is InChI=1S/C23H18N2O3/c1-15-13-14-19-20(16(15)2)25(28)21(17-9-5-3-6-10-17)22(24(19)27)23(26)18-11-7-4-8-12-18/h3-14H,1-2H3. The highest BCUT2D eigenvalue weighted by Gasteiger charge is 2.30. The van der Waals surface area contributed by atoms with Crippen LogP contribution in [0.4, 0.5) is 0 Å². The van der Waals surface area contributed by atoms with Crippen molar-refractivity contribution in [1.82, 2.24) is 4.73 Å². The lowest BCUT2D eigenvalue weighted by Crippen LogP contribution is -2.28. The largest absolute Gasteiger partial charge is 0.805 e. The van der Waals surface area contributed by atoms with E-state index >= 15 is 0 Å². The Morgan fingerprint density at radius 2 is 1.50 bits per heavy atom. The fourth-order valence-electron chi connectivity index (χ4n) is 3.41. The summed E-state index contributed by atoms with van der Waals surface area (Å²) in [5, 5.41) is 13.3. The SMILES string of the molecule is Cc1ccc2c(c1C)[n+](=O)c(-c1ccccc1)c(C(=O)c1ccccc1)n2[O-]. The second-order valence-corrected chi connectivity index (χ2v) is 6.72. The molecule has 1 heterocycles. The summed E-state index contributed by atoms with van der Waals surface area (Å²) < 4.78 is 1.31. The number of ketones is 1. The van der Waals surface area contributed by atoms with Crippen molar-refractivity contribution in [2.75, 3.05) is 0 Å². The van der Waals surface area contributed by atoms with Crippen LogP contribution in [-0.4, -0.2) is 10.5 Å². The molecule has 0 unspecified atom stereocenters. The zero-order chi connectivity index (χ0) is 19.8. The van der Waals surface area contributed by atoms with Crippen LogP contribution in [0.5, 0.6) is 0 Å². The molecule has 0 amide bonds. The smallest absolute Gasteiger partial charge is 0.298 e. The summed E-state index contributed by atoms with van der Waals surface area (Å²) in [7, 11) is 0. The number of carbonyl (C=O) groups excluding carboxylic acids is 1. The third-order valence-corrected chi connectivity index (χ3v) is 5.03. The lowest BCUT2D eigenvalue weighted by atomic mass is 10.0. The summed E-state index contributed by atoms with van der Waals surface area (Å²) in [5.74, 6) is -0.487. The third kappa shape index (κ3) is 2.68. The second-order valence-electron chi connectivity index (χ2n) is 6.72. The molecule has 0 aliphatic carbocycles. The maximum atomic E-state index is 13.4. The molecule has 0 aliphatic rings. The molecule has 5 heteroatoms. The molecule has 3 aromatic carbocycles. The van der Waals surface area contributed by atoms with Gasteiger partial charge in [-0.15, -0.1) is 0 Å². The van der Waals surface area contributed by atoms with Gasteiger partial charge in [-0.2, -0.15) is 0 Å². The van der Waals surface area contributed by atoms with E-state index in [0.717, 1.165) is 9.99 Å². The summed E-state index contributed by atoms with van der Waals surface area (Å²) in [4.78, 5) is 26.7. The fraction of sp³-hybridized carbons (Fsp3) is 0.0870. The first kappa shape index (κ1) is 17.7. The van der Waals surface area contributed by atoms with Gasteiger partial charge in [-0.25, -0.2) is 0 Å². The van der Waals surface area contributed by atoms with Gasteiger partial charge in [0.2, 0.25) is 5.78 Å². The van der Waals surface area contributed by atoms with Crippen molar-refractivity contribution in [3.63, 3.8) is 0 Å². The number of aromatic nitrogens is 2. The molecule has 0 radical (unpaired) electrons. The van der Waals surface area contributed by atoms with Gasteiger partial charge in [-0.3, -0.25) is 4.79 Å². The van der Waals surface area contributed by atoms with Crippen molar-refractivity contribution in [1.29, 1.82) is 0 Å². The van der Waals surface area contributed by atoms with E-state index in [9.17, 15) is 14.9 Å². The minimum absolute atomic E-state index is 0.0608. The van der Waals surface area contributed by atoms with Gasteiger partial charge in [0.15, 0.2) is 5.69 Å². The van der Waals surface area contributed by atoms with Gasteiger partial charge in [0.25, 0.3) is 11.2 Å². The Bertz CT molecular complexity index is 1260. The predicted octanol–water partition coefficient (Wildman–Crippen LogP) is 4.42. The molecule has 0 spiro atoms. The van der Waals surface area contributed by atoms with Crippen LogP contribution < -0.4 is 4.43 Å². The average Bonchev–Trinajstić information content (AvgIpc) is 2.73. The fourth-order valence-corrected chi connectivity index (χ4v) is 3.41. The molecule has 0 aliphatic heterocycles. The van der Waals surface area contributed by atoms with Crippen LogP contribution >= 0.6 is 0 Å². The van der Waals surface area contributed by atoms with E-state index < -0.39 is 5.78 Å². The molecule has 28 heavy (non-hydrogen) atoms. The van der Waals surface area contributed by atoms with Crippen molar-refractivity contribution < 1.29 is 9.22 Å². The quantitative estimate of drug-likeness (QED) is 0.396. The Labute approximate surface area is 161 Å². The number of carbonyl (C=O) groups is 1. The Kier molecular flexibility index (Phi) is 4.28. The van der Waals surface area contributed by atoms with E-state index in [0.29, 0.717) is 21.4 Å². The number of benzene rings is 3. The van der Waals surface area contributed by atoms with Crippen molar-refractivity contribution >= 4 is 16.8 Å². The van der Waals surface area contributed by atoms with Crippen LogP contribution in [0, 0.1) is 24.0 Å². The first-order chi connectivity index (χ1) is 13.5. The predicted molar refractivity (Wildman–Crippen MR) is 109 cm³/mol. The first-order valence-corrected chi connectivity index (χ1v) is 8.95. The van der Waals surface area contributed by atoms with Crippen LogP contribution in [0.15, 0.2) is 72.8 Å². The second kappa shape index (κ2) is 6.78. The Balaban J connectivity index is 2.17. The van der Waals surface area contributed by atoms with E-state index in [1.54, 1.807) is 73.7 Å². The molecule has 0 N–H and O–H groups in total. The van der Waals surface area contributed by atoms with Crippen LogP contribution in [0.1, 0.15) is 27.2 Å². The maximum absolute atomic E-state index is 13.4. The number of aryl methyl sites for hydroxylation is 2. The van der Waals surface area contributed by atoms with Gasteiger partial charge in [-0.1, -0.05) is 54.6 Å². The molecule has 5 nitrogen and oxygen atoms in total. The first-order valence-electron chi connectivity index (χ1n) is 8.95. The van der Waals surface area contributed by atoms with Gasteiger partial charge in [-0.05, 0) is 37.6 Å². The van der Waals surface area contributed by atoms with E-state index in [1.807, 2.05) is 13.0 Å². The Morgan fingerprint density at radius 1 is 0.893 bits per heavy atom. The molecule has 1 aromatic heterocycles.